The van der Waals surface area contributed by atoms with Crippen molar-refractivity contribution in [2.24, 2.45) is 4.99 Å². The fourth-order valence-electron chi connectivity index (χ4n) is 3.43. The van der Waals surface area contributed by atoms with Gasteiger partial charge in [-0.3, -0.25) is 9.30 Å². The Kier molecular flexibility index (Phi) is 5.00. The molecule has 3 aromatic rings. The van der Waals surface area contributed by atoms with E-state index in [9.17, 15) is 8.42 Å². The quantitative estimate of drug-likeness (QED) is 0.630. The summed E-state index contributed by atoms with van der Waals surface area (Å²) >= 11 is 6.04. The second-order valence-electron chi connectivity index (χ2n) is 6.49. The molecule has 0 saturated heterocycles. The third-order valence-corrected chi connectivity index (χ3v) is 6.96. The molecular weight excluding hydrogens is 396 g/mol. The lowest BCUT2D eigenvalue weighted by molar-refractivity contribution is 0.413. The molecule has 0 atom stereocenters. The molecule has 0 aromatic heterocycles. The first-order valence-corrected chi connectivity index (χ1v) is 10.7. The van der Waals surface area contributed by atoms with Crippen LogP contribution in [-0.2, 0) is 16.4 Å². The van der Waals surface area contributed by atoms with Crippen molar-refractivity contribution < 1.29 is 13.2 Å². The molecule has 28 heavy (non-hydrogen) atoms. The van der Waals surface area contributed by atoms with E-state index in [1.807, 2.05) is 42.5 Å². The highest BCUT2D eigenvalue weighted by Gasteiger charge is 2.31. The highest BCUT2D eigenvalue weighted by molar-refractivity contribution is 7.89. The van der Waals surface area contributed by atoms with Gasteiger partial charge in [0.1, 0.15) is 11.6 Å². The predicted octanol–water partition coefficient (Wildman–Crippen LogP) is 4.15. The zero-order valence-electron chi connectivity index (χ0n) is 15.3. The number of hydrogen-bond donors (Lipinski definition) is 0. The number of halogens is 1. The Morgan fingerprint density at radius 1 is 1.11 bits per heavy atom. The third-order valence-electron chi connectivity index (χ3n) is 4.82. The van der Waals surface area contributed by atoms with Crippen LogP contribution in [0.15, 0.2) is 70.6 Å². The van der Waals surface area contributed by atoms with Gasteiger partial charge in [0.2, 0.25) is 0 Å². The summed E-state index contributed by atoms with van der Waals surface area (Å²) in [6.07, 6.45) is 0.450. The topological polar surface area (TPSA) is 59.0 Å². The molecule has 0 bridgehead atoms. The molecule has 0 radical (unpaired) electrons. The van der Waals surface area contributed by atoms with Gasteiger partial charge in [-0.1, -0.05) is 54.1 Å². The van der Waals surface area contributed by atoms with Crippen LogP contribution in [0.25, 0.3) is 10.8 Å². The SMILES string of the molecule is COc1cc(S(=O)(=O)N2CCN=C2Cc2cccc3ccccc23)ccc1Cl. The second-order valence-corrected chi connectivity index (χ2v) is 8.76. The summed E-state index contributed by atoms with van der Waals surface area (Å²) in [5, 5.41) is 2.59. The number of sulfonamides is 1. The van der Waals surface area contributed by atoms with Crippen LogP contribution in [0.2, 0.25) is 5.02 Å². The second kappa shape index (κ2) is 7.45. The zero-order valence-corrected chi connectivity index (χ0v) is 16.9. The normalized spacial score (nSPS) is 14.4. The number of ether oxygens (including phenoxy) is 1. The number of amidine groups is 1. The van der Waals surface area contributed by atoms with Crippen LogP contribution in [-0.4, -0.2) is 38.8 Å². The molecule has 0 unspecified atom stereocenters. The molecule has 144 valence electrons. The molecule has 1 aliphatic rings. The van der Waals surface area contributed by atoms with Crippen molar-refractivity contribution in [2.45, 2.75) is 11.3 Å². The molecule has 5 nitrogen and oxygen atoms in total. The average Bonchev–Trinajstić information content (AvgIpc) is 3.17. The molecule has 0 N–H and O–H groups in total. The Balaban J connectivity index is 1.68. The van der Waals surface area contributed by atoms with E-state index in [2.05, 4.69) is 4.99 Å². The first-order chi connectivity index (χ1) is 13.5. The maximum atomic E-state index is 13.2. The van der Waals surface area contributed by atoms with Crippen molar-refractivity contribution >= 4 is 38.2 Å². The number of hydrogen-bond acceptors (Lipinski definition) is 4. The fourth-order valence-corrected chi connectivity index (χ4v) is 5.09. The standard InChI is InChI=1S/C21H19ClN2O3S/c1-27-20-14-17(9-10-19(20)22)28(25,26)24-12-11-23-21(24)13-16-7-4-6-15-5-2-3-8-18(15)16/h2-10,14H,11-13H2,1H3. The van der Waals surface area contributed by atoms with Crippen molar-refractivity contribution in [3.63, 3.8) is 0 Å². The van der Waals surface area contributed by atoms with E-state index in [4.69, 9.17) is 16.3 Å². The lowest BCUT2D eigenvalue weighted by Crippen LogP contribution is -2.35. The number of benzene rings is 3. The lowest BCUT2D eigenvalue weighted by Gasteiger charge is -2.21. The van der Waals surface area contributed by atoms with Crippen LogP contribution >= 0.6 is 11.6 Å². The minimum Gasteiger partial charge on any atom is -0.495 e. The van der Waals surface area contributed by atoms with Gasteiger partial charge in [-0.25, -0.2) is 8.42 Å². The molecule has 0 saturated carbocycles. The Hall–Kier alpha value is -2.57. The molecule has 0 amide bonds. The van der Waals surface area contributed by atoms with Crippen molar-refractivity contribution in [3.8, 4) is 5.75 Å². The average molecular weight is 415 g/mol. The van der Waals surface area contributed by atoms with Crippen molar-refractivity contribution in [3.05, 3.63) is 71.2 Å². The Bertz CT molecular complexity index is 1170. The summed E-state index contributed by atoms with van der Waals surface area (Å²) < 4.78 is 33.0. The van der Waals surface area contributed by atoms with Crippen LogP contribution in [0, 0.1) is 0 Å². The number of rotatable bonds is 5. The molecule has 7 heteroatoms. The van der Waals surface area contributed by atoms with Gasteiger partial charge in [0.25, 0.3) is 10.0 Å². The Morgan fingerprint density at radius 2 is 1.89 bits per heavy atom. The lowest BCUT2D eigenvalue weighted by atomic mass is 10.0. The predicted molar refractivity (Wildman–Crippen MR) is 112 cm³/mol. The minimum atomic E-state index is -3.75. The van der Waals surface area contributed by atoms with Gasteiger partial charge >= 0.3 is 0 Å². The molecule has 0 aliphatic carbocycles. The van der Waals surface area contributed by atoms with E-state index in [0.717, 1.165) is 16.3 Å². The first kappa shape index (κ1) is 18.8. The van der Waals surface area contributed by atoms with Crippen molar-refractivity contribution in [2.75, 3.05) is 20.2 Å². The number of fused-ring (bicyclic) bond motifs is 1. The Morgan fingerprint density at radius 3 is 2.71 bits per heavy atom. The maximum absolute atomic E-state index is 13.2. The molecule has 1 aliphatic heterocycles. The molecule has 0 fully saturated rings. The highest BCUT2D eigenvalue weighted by Crippen LogP contribution is 2.30. The van der Waals surface area contributed by atoms with E-state index >= 15 is 0 Å². The van der Waals surface area contributed by atoms with E-state index in [0.29, 0.717) is 36.1 Å². The summed E-state index contributed by atoms with van der Waals surface area (Å²) in [4.78, 5) is 4.62. The summed E-state index contributed by atoms with van der Waals surface area (Å²) in [7, 11) is -2.29. The van der Waals surface area contributed by atoms with Crippen LogP contribution in [0.4, 0.5) is 0 Å². The van der Waals surface area contributed by atoms with Crippen LogP contribution < -0.4 is 4.74 Å². The van der Waals surface area contributed by atoms with E-state index in [1.165, 1.54) is 29.6 Å². The smallest absolute Gasteiger partial charge is 0.265 e. The summed E-state index contributed by atoms with van der Waals surface area (Å²) in [6.45, 7) is 0.775. The monoisotopic (exact) mass is 414 g/mol. The van der Waals surface area contributed by atoms with Gasteiger partial charge in [0.15, 0.2) is 0 Å². The third kappa shape index (κ3) is 3.34. The van der Waals surface area contributed by atoms with Crippen LogP contribution in [0.5, 0.6) is 5.75 Å². The number of aliphatic imine (C=N–C) groups is 1. The largest absolute Gasteiger partial charge is 0.495 e. The molecule has 3 aromatic carbocycles. The van der Waals surface area contributed by atoms with Gasteiger partial charge < -0.3 is 4.74 Å². The van der Waals surface area contributed by atoms with E-state index in [1.54, 1.807) is 0 Å². The minimum absolute atomic E-state index is 0.140. The first-order valence-electron chi connectivity index (χ1n) is 8.87. The summed E-state index contributed by atoms with van der Waals surface area (Å²) in [5.74, 6) is 0.875. The molecular formula is C21H19ClN2O3S. The van der Waals surface area contributed by atoms with Crippen molar-refractivity contribution in [1.29, 1.82) is 0 Å². The van der Waals surface area contributed by atoms with Gasteiger partial charge in [-0.15, -0.1) is 0 Å². The van der Waals surface area contributed by atoms with E-state index in [-0.39, 0.29) is 4.90 Å². The van der Waals surface area contributed by atoms with Gasteiger partial charge in [0, 0.05) is 12.5 Å². The molecule has 4 rings (SSSR count). The van der Waals surface area contributed by atoms with Gasteiger partial charge in [-0.2, -0.15) is 0 Å². The number of methoxy groups -OCH3 is 1. The zero-order chi connectivity index (χ0) is 19.7. The Labute approximate surface area is 169 Å². The molecule has 0 spiro atoms. The fraction of sp³-hybridized carbons (Fsp3) is 0.190. The van der Waals surface area contributed by atoms with Crippen LogP contribution in [0.1, 0.15) is 5.56 Å². The summed E-state index contributed by atoms with van der Waals surface area (Å²) in [6, 6.07) is 18.6. The highest BCUT2D eigenvalue weighted by atomic mass is 35.5. The number of nitrogens with zero attached hydrogens (tertiary/aromatic N) is 2. The van der Waals surface area contributed by atoms with Crippen molar-refractivity contribution in [1.82, 2.24) is 4.31 Å². The maximum Gasteiger partial charge on any atom is 0.265 e. The van der Waals surface area contributed by atoms with Crippen LogP contribution in [0.3, 0.4) is 0 Å². The molecule has 1 heterocycles. The summed E-state index contributed by atoms with van der Waals surface area (Å²) in [5.41, 5.74) is 1.05. The van der Waals surface area contributed by atoms with Gasteiger partial charge in [-0.05, 0) is 28.5 Å². The van der Waals surface area contributed by atoms with Gasteiger partial charge in [0.05, 0.1) is 30.1 Å². The van der Waals surface area contributed by atoms with E-state index < -0.39 is 10.0 Å².